The van der Waals surface area contributed by atoms with E-state index in [0.29, 0.717) is 17.7 Å². The van der Waals surface area contributed by atoms with Gasteiger partial charge in [0.2, 0.25) is 5.91 Å². The van der Waals surface area contributed by atoms with Crippen molar-refractivity contribution in [2.75, 3.05) is 13.1 Å². The smallest absolute Gasteiger partial charge is 0.225 e. The zero-order valence-electron chi connectivity index (χ0n) is 12.7. The van der Waals surface area contributed by atoms with Crippen LogP contribution in [0, 0.1) is 17.8 Å². The van der Waals surface area contributed by atoms with Crippen molar-refractivity contribution in [1.82, 2.24) is 4.90 Å². The van der Waals surface area contributed by atoms with Crippen LogP contribution in [0.25, 0.3) is 0 Å². The van der Waals surface area contributed by atoms with Gasteiger partial charge < -0.3 is 10.0 Å². The van der Waals surface area contributed by atoms with Gasteiger partial charge in [0.05, 0.1) is 5.60 Å². The molecule has 4 unspecified atom stereocenters. The third-order valence-corrected chi connectivity index (χ3v) is 5.63. The highest BCUT2D eigenvalue weighted by atomic mass is 16.3. The van der Waals surface area contributed by atoms with Crippen molar-refractivity contribution in [3.63, 3.8) is 0 Å². The fourth-order valence-electron chi connectivity index (χ4n) is 3.66. The van der Waals surface area contributed by atoms with E-state index in [9.17, 15) is 9.90 Å². The number of aliphatic hydroxyl groups is 1. The largest absolute Gasteiger partial charge is 0.389 e. The number of carbonyl (C=O) groups is 1. The lowest BCUT2D eigenvalue weighted by Crippen LogP contribution is -2.55. The Labute approximate surface area is 117 Å². The lowest BCUT2D eigenvalue weighted by atomic mass is 9.71. The minimum absolute atomic E-state index is 0.111. The summed E-state index contributed by atoms with van der Waals surface area (Å²) in [5.74, 6) is 1.16. The lowest BCUT2D eigenvalue weighted by molar-refractivity contribution is -0.148. The molecule has 0 aromatic carbocycles. The van der Waals surface area contributed by atoms with E-state index < -0.39 is 5.60 Å². The first kappa shape index (κ1) is 14.8. The van der Waals surface area contributed by atoms with E-state index in [1.807, 2.05) is 4.90 Å². The summed E-state index contributed by atoms with van der Waals surface area (Å²) in [5, 5.41) is 10.6. The predicted molar refractivity (Wildman–Crippen MR) is 76.7 cm³/mol. The fourth-order valence-corrected chi connectivity index (χ4v) is 3.66. The van der Waals surface area contributed by atoms with Gasteiger partial charge in [-0.3, -0.25) is 4.79 Å². The Hall–Kier alpha value is -0.570. The zero-order valence-corrected chi connectivity index (χ0v) is 12.7. The molecule has 1 N–H and O–H groups in total. The number of amides is 1. The summed E-state index contributed by atoms with van der Waals surface area (Å²) in [6, 6.07) is 0. The molecule has 0 aromatic heterocycles. The molecule has 1 saturated carbocycles. The summed E-state index contributed by atoms with van der Waals surface area (Å²) in [6.45, 7) is 7.87. The molecule has 3 heteroatoms. The molecule has 2 rings (SSSR count). The van der Waals surface area contributed by atoms with Gasteiger partial charge in [-0.1, -0.05) is 40.0 Å². The van der Waals surface area contributed by atoms with E-state index in [1.54, 1.807) is 0 Å². The second-order valence-corrected chi connectivity index (χ2v) is 6.75. The molecule has 0 radical (unpaired) electrons. The summed E-state index contributed by atoms with van der Waals surface area (Å²) >= 11 is 0. The molecule has 19 heavy (non-hydrogen) atoms. The van der Waals surface area contributed by atoms with E-state index >= 15 is 0 Å². The molecule has 0 aromatic rings. The summed E-state index contributed by atoms with van der Waals surface area (Å²) in [7, 11) is 0. The molecule has 1 aliphatic carbocycles. The van der Waals surface area contributed by atoms with Crippen LogP contribution < -0.4 is 0 Å². The molecular weight excluding hydrogens is 238 g/mol. The van der Waals surface area contributed by atoms with Crippen LogP contribution in [0.1, 0.15) is 59.3 Å². The van der Waals surface area contributed by atoms with Gasteiger partial charge in [-0.2, -0.15) is 0 Å². The number of rotatable bonds is 3. The van der Waals surface area contributed by atoms with Gasteiger partial charge in [-0.05, 0) is 25.2 Å². The van der Waals surface area contributed by atoms with Crippen LogP contribution in [0.15, 0.2) is 0 Å². The molecule has 1 amide bonds. The highest BCUT2D eigenvalue weighted by Gasteiger charge is 2.44. The van der Waals surface area contributed by atoms with Crippen molar-refractivity contribution < 1.29 is 9.90 Å². The Morgan fingerprint density at radius 3 is 2.79 bits per heavy atom. The third-order valence-electron chi connectivity index (χ3n) is 5.63. The topological polar surface area (TPSA) is 40.5 Å². The first-order valence-corrected chi connectivity index (χ1v) is 7.99. The molecule has 2 aliphatic rings. The average Bonchev–Trinajstić information content (AvgIpc) is 2.43. The molecule has 1 aliphatic heterocycles. The van der Waals surface area contributed by atoms with Gasteiger partial charge in [-0.25, -0.2) is 0 Å². The van der Waals surface area contributed by atoms with Crippen LogP contribution in [0.2, 0.25) is 0 Å². The van der Waals surface area contributed by atoms with Crippen molar-refractivity contribution >= 4 is 5.91 Å². The van der Waals surface area contributed by atoms with Crippen molar-refractivity contribution in [2.45, 2.75) is 64.9 Å². The van der Waals surface area contributed by atoms with Crippen LogP contribution in [0.4, 0.5) is 0 Å². The van der Waals surface area contributed by atoms with Crippen LogP contribution in [0.5, 0.6) is 0 Å². The van der Waals surface area contributed by atoms with Gasteiger partial charge in [0.1, 0.15) is 0 Å². The third kappa shape index (κ3) is 2.96. The molecule has 2 fully saturated rings. The van der Waals surface area contributed by atoms with Crippen molar-refractivity contribution in [3.8, 4) is 0 Å². The Bertz CT molecular complexity index is 331. The van der Waals surface area contributed by atoms with Crippen molar-refractivity contribution in [3.05, 3.63) is 0 Å². The van der Waals surface area contributed by atoms with E-state index in [0.717, 1.165) is 45.2 Å². The summed E-state index contributed by atoms with van der Waals surface area (Å²) in [6.07, 6.45) is 6.18. The van der Waals surface area contributed by atoms with E-state index in [4.69, 9.17) is 0 Å². The quantitative estimate of drug-likeness (QED) is 0.854. The SMILES string of the molecule is CCC(C)C(C)C(=O)N1CCC2(O)CCCCC2C1. The summed E-state index contributed by atoms with van der Waals surface area (Å²) < 4.78 is 0. The van der Waals surface area contributed by atoms with Crippen LogP contribution in [-0.2, 0) is 4.79 Å². The number of piperidine rings is 1. The van der Waals surface area contributed by atoms with E-state index in [-0.39, 0.29) is 5.92 Å². The molecule has 3 nitrogen and oxygen atoms in total. The Morgan fingerprint density at radius 2 is 2.11 bits per heavy atom. The average molecular weight is 267 g/mol. The number of likely N-dealkylation sites (tertiary alicyclic amines) is 1. The molecule has 1 saturated heterocycles. The molecular formula is C16H29NO2. The van der Waals surface area contributed by atoms with Gasteiger partial charge in [0, 0.05) is 24.9 Å². The number of hydrogen-bond donors (Lipinski definition) is 1. The monoisotopic (exact) mass is 267 g/mol. The van der Waals surface area contributed by atoms with Crippen molar-refractivity contribution in [2.24, 2.45) is 17.8 Å². The molecule has 0 bridgehead atoms. The van der Waals surface area contributed by atoms with Crippen molar-refractivity contribution in [1.29, 1.82) is 0 Å². The summed E-state index contributed by atoms with van der Waals surface area (Å²) in [4.78, 5) is 14.5. The fraction of sp³-hybridized carbons (Fsp3) is 0.938. The van der Waals surface area contributed by atoms with Gasteiger partial charge in [0.25, 0.3) is 0 Å². The number of carbonyl (C=O) groups excluding carboxylic acids is 1. The maximum atomic E-state index is 12.5. The van der Waals surface area contributed by atoms with E-state index in [1.165, 1.54) is 6.42 Å². The van der Waals surface area contributed by atoms with E-state index in [2.05, 4.69) is 20.8 Å². The zero-order chi connectivity index (χ0) is 14.0. The Balaban J connectivity index is 1.98. The van der Waals surface area contributed by atoms with Crippen LogP contribution >= 0.6 is 0 Å². The Kier molecular flexibility index (Phi) is 4.54. The maximum Gasteiger partial charge on any atom is 0.225 e. The highest BCUT2D eigenvalue weighted by Crippen LogP contribution is 2.40. The predicted octanol–water partition coefficient (Wildman–Crippen LogP) is 2.82. The molecule has 110 valence electrons. The minimum Gasteiger partial charge on any atom is -0.389 e. The minimum atomic E-state index is -0.478. The van der Waals surface area contributed by atoms with Gasteiger partial charge in [-0.15, -0.1) is 0 Å². The first-order chi connectivity index (χ1) is 8.98. The first-order valence-electron chi connectivity index (χ1n) is 7.99. The molecule has 4 atom stereocenters. The second kappa shape index (κ2) is 5.82. The molecule has 0 spiro atoms. The molecule has 1 heterocycles. The number of fused-ring (bicyclic) bond motifs is 1. The van der Waals surface area contributed by atoms with Crippen LogP contribution in [0.3, 0.4) is 0 Å². The van der Waals surface area contributed by atoms with Crippen LogP contribution in [-0.4, -0.2) is 34.6 Å². The number of hydrogen-bond acceptors (Lipinski definition) is 2. The summed E-state index contributed by atoms with van der Waals surface area (Å²) in [5.41, 5.74) is -0.478. The maximum absolute atomic E-state index is 12.5. The van der Waals surface area contributed by atoms with Gasteiger partial charge in [0.15, 0.2) is 0 Å². The Morgan fingerprint density at radius 1 is 1.37 bits per heavy atom. The second-order valence-electron chi connectivity index (χ2n) is 6.75. The highest BCUT2D eigenvalue weighted by molar-refractivity contribution is 5.78. The normalized spacial score (nSPS) is 34.5. The van der Waals surface area contributed by atoms with Gasteiger partial charge >= 0.3 is 0 Å². The standard InChI is InChI=1S/C16H29NO2/c1-4-12(2)13(3)15(18)17-10-9-16(19)8-6-5-7-14(16)11-17/h12-14,19H,4-11H2,1-3H3. The number of nitrogens with zero attached hydrogens (tertiary/aromatic N) is 1. The lowest BCUT2D eigenvalue weighted by Gasteiger charge is -2.48.